The van der Waals surface area contributed by atoms with Crippen molar-refractivity contribution in [2.75, 3.05) is 25.0 Å². The standard InChI is InChI=1S/C18H24N4O2/c1-2-12-24-17-4-3-10-21(13-17)18(23)20-15-5-7-16(8-6-15)22-11-9-19-14-22/h5-9,11,14,17H,2-4,10,12-13H2,1H3,(H,20,23)/t17-/m1/s1. The number of piperidine rings is 1. The Labute approximate surface area is 142 Å². The van der Waals surface area contributed by atoms with Crippen molar-refractivity contribution in [2.24, 2.45) is 0 Å². The molecule has 1 aromatic carbocycles. The minimum absolute atomic E-state index is 0.0600. The third kappa shape index (κ3) is 4.14. The summed E-state index contributed by atoms with van der Waals surface area (Å²) in [4.78, 5) is 18.3. The number of carbonyl (C=O) groups excluding carboxylic acids is 1. The summed E-state index contributed by atoms with van der Waals surface area (Å²) in [6.45, 7) is 4.31. The normalized spacial score (nSPS) is 17.7. The summed E-state index contributed by atoms with van der Waals surface area (Å²) in [7, 11) is 0. The lowest BCUT2D eigenvalue weighted by Crippen LogP contribution is -2.45. The lowest BCUT2D eigenvalue weighted by molar-refractivity contribution is 0.0115. The maximum atomic E-state index is 12.4. The van der Waals surface area contributed by atoms with E-state index >= 15 is 0 Å². The van der Waals surface area contributed by atoms with E-state index in [-0.39, 0.29) is 12.1 Å². The molecule has 0 radical (unpaired) electrons. The molecule has 0 unspecified atom stereocenters. The molecule has 2 heterocycles. The Bertz CT molecular complexity index is 640. The van der Waals surface area contributed by atoms with Crippen molar-refractivity contribution in [3.05, 3.63) is 43.0 Å². The summed E-state index contributed by atoms with van der Waals surface area (Å²) in [5, 5.41) is 2.97. The number of hydrogen-bond donors (Lipinski definition) is 1. The fraction of sp³-hybridized carbons (Fsp3) is 0.444. The van der Waals surface area contributed by atoms with E-state index in [0.717, 1.165) is 43.8 Å². The fourth-order valence-corrected chi connectivity index (χ4v) is 2.87. The van der Waals surface area contributed by atoms with Gasteiger partial charge in [0.1, 0.15) is 0 Å². The number of anilines is 1. The first kappa shape index (κ1) is 16.5. The maximum Gasteiger partial charge on any atom is 0.321 e. The number of nitrogens with zero attached hydrogens (tertiary/aromatic N) is 3. The quantitative estimate of drug-likeness (QED) is 0.916. The number of ether oxygens (including phenoxy) is 1. The van der Waals surface area contributed by atoms with Crippen LogP contribution in [0.1, 0.15) is 26.2 Å². The Morgan fingerprint density at radius 1 is 1.38 bits per heavy atom. The average Bonchev–Trinajstić information content (AvgIpc) is 3.15. The van der Waals surface area contributed by atoms with Gasteiger partial charge in [0.2, 0.25) is 0 Å². The second kappa shape index (κ2) is 7.97. The smallest absolute Gasteiger partial charge is 0.321 e. The van der Waals surface area contributed by atoms with E-state index in [1.807, 2.05) is 39.9 Å². The van der Waals surface area contributed by atoms with Crippen molar-refractivity contribution < 1.29 is 9.53 Å². The summed E-state index contributed by atoms with van der Waals surface area (Å²) in [6.07, 6.45) is 8.56. The lowest BCUT2D eigenvalue weighted by atomic mass is 10.1. The van der Waals surface area contributed by atoms with Crippen LogP contribution < -0.4 is 5.32 Å². The number of rotatable bonds is 5. The Morgan fingerprint density at radius 3 is 2.92 bits per heavy atom. The fourth-order valence-electron chi connectivity index (χ4n) is 2.87. The molecule has 6 nitrogen and oxygen atoms in total. The zero-order chi connectivity index (χ0) is 16.8. The number of hydrogen-bond acceptors (Lipinski definition) is 3. The van der Waals surface area contributed by atoms with E-state index in [1.165, 1.54) is 0 Å². The first-order chi connectivity index (χ1) is 11.8. The molecule has 2 amide bonds. The zero-order valence-electron chi connectivity index (χ0n) is 14.0. The van der Waals surface area contributed by atoms with Gasteiger partial charge in [0.05, 0.1) is 12.4 Å². The summed E-state index contributed by atoms with van der Waals surface area (Å²) in [5.74, 6) is 0. The third-order valence-electron chi connectivity index (χ3n) is 4.14. The van der Waals surface area contributed by atoms with Crippen molar-refractivity contribution in [1.29, 1.82) is 0 Å². The molecule has 2 aromatic rings. The molecule has 0 aliphatic carbocycles. The van der Waals surface area contributed by atoms with Crippen LogP contribution in [0.3, 0.4) is 0 Å². The second-order valence-corrected chi connectivity index (χ2v) is 6.03. The number of imidazole rings is 1. The van der Waals surface area contributed by atoms with Crippen LogP contribution in [-0.2, 0) is 4.74 Å². The molecule has 1 atom stereocenters. The molecule has 0 bridgehead atoms. The highest BCUT2D eigenvalue weighted by Gasteiger charge is 2.24. The van der Waals surface area contributed by atoms with Gasteiger partial charge in [0.25, 0.3) is 0 Å². The molecule has 1 N–H and O–H groups in total. The van der Waals surface area contributed by atoms with Crippen LogP contribution in [0, 0.1) is 0 Å². The monoisotopic (exact) mass is 328 g/mol. The molecule has 6 heteroatoms. The van der Waals surface area contributed by atoms with Crippen LogP contribution in [-0.4, -0.2) is 46.3 Å². The van der Waals surface area contributed by atoms with Gasteiger partial charge in [0, 0.05) is 43.5 Å². The number of carbonyl (C=O) groups is 1. The highest BCUT2D eigenvalue weighted by atomic mass is 16.5. The van der Waals surface area contributed by atoms with Crippen molar-refractivity contribution in [2.45, 2.75) is 32.3 Å². The maximum absolute atomic E-state index is 12.4. The van der Waals surface area contributed by atoms with Crippen molar-refractivity contribution in [1.82, 2.24) is 14.5 Å². The minimum atomic E-state index is -0.0600. The molecule has 1 aliphatic heterocycles. The van der Waals surface area contributed by atoms with Crippen LogP contribution in [0.25, 0.3) is 5.69 Å². The molecule has 0 spiro atoms. The van der Waals surface area contributed by atoms with E-state index in [1.54, 1.807) is 12.5 Å². The molecule has 1 fully saturated rings. The number of benzene rings is 1. The minimum Gasteiger partial charge on any atom is -0.376 e. The van der Waals surface area contributed by atoms with Gasteiger partial charge < -0.3 is 19.5 Å². The molecule has 24 heavy (non-hydrogen) atoms. The Balaban J connectivity index is 1.56. The third-order valence-corrected chi connectivity index (χ3v) is 4.14. The van der Waals surface area contributed by atoms with Crippen LogP contribution in [0.5, 0.6) is 0 Å². The SMILES string of the molecule is CCCO[C@@H]1CCCN(C(=O)Nc2ccc(-n3ccnc3)cc2)C1. The van der Waals surface area contributed by atoms with E-state index in [4.69, 9.17) is 4.74 Å². The number of aromatic nitrogens is 2. The van der Waals surface area contributed by atoms with Crippen LogP contribution in [0.2, 0.25) is 0 Å². The highest BCUT2D eigenvalue weighted by Crippen LogP contribution is 2.17. The van der Waals surface area contributed by atoms with Gasteiger partial charge >= 0.3 is 6.03 Å². The van der Waals surface area contributed by atoms with Crippen molar-refractivity contribution in [3.8, 4) is 5.69 Å². The highest BCUT2D eigenvalue weighted by molar-refractivity contribution is 5.89. The molecular formula is C18H24N4O2. The van der Waals surface area contributed by atoms with Crippen LogP contribution in [0.15, 0.2) is 43.0 Å². The Hall–Kier alpha value is -2.34. The van der Waals surface area contributed by atoms with Gasteiger partial charge in [-0.15, -0.1) is 0 Å². The molecule has 0 saturated carbocycles. The first-order valence-electron chi connectivity index (χ1n) is 8.52. The van der Waals surface area contributed by atoms with Gasteiger partial charge in [0.15, 0.2) is 0 Å². The molecule has 128 valence electrons. The molecular weight excluding hydrogens is 304 g/mol. The first-order valence-corrected chi connectivity index (χ1v) is 8.52. The molecule has 1 aromatic heterocycles. The predicted molar refractivity (Wildman–Crippen MR) is 93.4 cm³/mol. The van der Waals surface area contributed by atoms with E-state index in [2.05, 4.69) is 17.2 Å². The summed E-state index contributed by atoms with van der Waals surface area (Å²) in [5.41, 5.74) is 1.80. The number of likely N-dealkylation sites (tertiary alicyclic amines) is 1. The number of amides is 2. The average molecular weight is 328 g/mol. The second-order valence-electron chi connectivity index (χ2n) is 6.03. The Morgan fingerprint density at radius 2 is 2.21 bits per heavy atom. The largest absolute Gasteiger partial charge is 0.376 e. The van der Waals surface area contributed by atoms with Crippen LogP contribution >= 0.6 is 0 Å². The zero-order valence-corrected chi connectivity index (χ0v) is 14.0. The van der Waals surface area contributed by atoms with Gasteiger partial charge in [-0.1, -0.05) is 6.92 Å². The molecule has 1 aliphatic rings. The number of nitrogens with one attached hydrogen (secondary N) is 1. The van der Waals surface area contributed by atoms with Gasteiger partial charge in [-0.05, 0) is 43.5 Å². The topological polar surface area (TPSA) is 59.4 Å². The Kier molecular flexibility index (Phi) is 5.48. The van der Waals surface area contributed by atoms with Crippen LogP contribution in [0.4, 0.5) is 10.5 Å². The van der Waals surface area contributed by atoms with Gasteiger partial charge in [-0.3, -0.25) is 0 Å². The van der Waals surface area contributed by atoms with Crippen molar-refractivity contribution in [3.63, 3.8) is 0 Å². The predicted octanol–water partition coefficient (Wildman–Crippen LogP) is 3.30. The van der Waals surface area contributed by atoms with Crippen molar-refractivity contribution >= 4 is 11.7 Å². The van der Waals surface area contributed by atoms with Gasteiger partial charge in [-0.2, -0.15) is 0 Å². The summed E-state index contributed by atoms with van der Waals surface area (Å²) < 4.78 is 7.71. The van der Waals surface area contributed by atoms with E-state index < -0.39 is 0 Å². The molecule has 1 saturated heterocycles. The van der Waals surface area contributed by atoms with Gasteiger partial charge in [-0.25, -0.2) is 9.78 Å². The van der Waals surface area contributed by atoms with E-state index in [0.29, 0.717) is 6.54 Å². The lowest BCUT2D eigenvalue weighted by Gasteiger charge is -2.32. The number of urea groups is 1. The summed E-state index contributed by atoms with van der Waals surface area (Å²) in [6, 6.07) is 7.67. The summed E-state index contributed by atoms with van der Waals surface area (Å²) >= 11 is 0. The molecule has 3 rings (SSSR count). The van der Waals surface area contributed by atoms with E-state index in [9.17, 15) is 4.79 Å².